The van der Waals surface area contributed by atoms with Crippen LogP contribution in [0.15, 0.2) is 30.3 Å². The van der Waals surface area contributed by atoms with Crippen LogP contribution >= 0.6 is 12.4 Å². The van der Waals surface area contributed by atoms with Crippen LogP contribution in [0, 0.1) is 5.92 Å². The summed E-state index contributed by atoms with van der Waals surface area (Å²) in [6.45, 7) is 3.93. The SMILES string of the molecule is CC1CCCN(C(=O)[C@@H](N)Cc2ccccc2)C1.Cl. The van der Waals surface area contributed by atoms with Gasteiger partial charge in [0.05, 0.1) is 6.04 Å². The van der Waals surface area contributed by atoms with Gasteiger partial charge in [0.1, 0.15) is 0 Å². The van der Waals surface area contributed by atoms with Gasteiger partial charge in [0.2, 0.25) is 5.91 Å². The van der Waals surface area contributed by atoms with Gasteiger partial charge in [-0.1, -0.05) is 37.3 Å². The second kappa shape index (κ2) is 7.51. The number of halogens is 1. The summed E-state index contributed by atoms with van der Waals surface area (Å²) in [5.74, 6) is 0.706. The van der Waals surface area contributed by atoms with Crippen LogP contribution in [0.3, 0.4) is 0 Å². The molecule has 2 N–H and O–H groups in total. The van der Waals surface area contributed by atoms with Crippen molar-refractivity contribution in [3.8, 4) is 0 Å². The molecular formula is C15H23ClN2O. The Hall–Kier alpha value is -1.06. The standard InChI is InChI=1S/C15H22N2O.ClH/c1-12-6-5-9-17(11-12)15(18)14(16)10-13-7-3-2-4-8-13;/h2-4,7-8,12,14H,5-6,9-11,16H2,1H3;1H/t12?,14-;/m0./s1. The van der Waals surface area contributed by atoms with Crippen molar-refractivity contribution in [3.63, 3.8) is 0 Å². The lowest BCUT2D eigenvalue weighted by molar-refractivity contribution is -0.134. The molecule has 2 atom stereocenters. The van der Waals surface area contributed by atoms with E-state index in [9.17, 15) is 4.79 Å². The Bertz CT molecular complexity index is 396. The van der Waals surface area contributed by atoms with Crippen LogP contribution in [-0.4, -0.2) is 29.9 Å². The molecule has 0 aliphatic carbocycles. The number of carbonyl (C=O) groups excluding carboxylic acids is 1. The van der Waals surface area contributed by atoms with E-state index in [1.165, 1.54) is 6.42 Å². The Morgan fingerprint density at radius 1 is 1.42 bits per heavy atom. The average Bonchev–Trinajstić information content (AvgIpc) is 2.39. The van der Waals surface area contributed by atoms with Gasteiger partial charge in [-0.25, -0.2) is 0 Å². The first-order valence-electron chi connectivity index (χ1n) is 6.75. The van der Waals surface area contributed by atoms with Gasteiger partial charge in [-0.05, 0) is 30.7 Å². The van der Waals surface area contributed by atoms with Crippen LogP contribution in [0.4, 0.5) is 0 Å². The fraction of sp³-hybridized carbons (Fsp3) is 0.533. The number of benzene rings is 1. The monoisotopic (exact) mass is 282 g/mol. The highest BCUT2D eigenvalue weighted by Gasteiger charge is 2.25. The van der Waals surface area contributed by atoms with Crippen molar-refractivity contribution < 1.29 is 4.79 Å². The zero-order valence-electron chi connectivity index (χ0n) is 11.4. The quantitative estimate of drug-likeness (QED) is 0.924. The minimum atomic E-state index is -0.405. The molecule has 0 radical (unpaired) electrons. The number of nitrogens with zero attached hydrogens (tertiary/aromatic N) is 1. The molecule has 0 saturated carbocycles. The van der Waals surface area contributed by atoms with E-state index in [2.05, 4.69) is 6.92 Å². The summed E-state index contributed by atoms with van der Waals surface area (Å²) >= 11 is 0. The second-order valence-corrected chi connectivity index (χ2v) is 5.33. The first-order valence-corrected chi connectivity index (χ1v) is 6.75. The van der Waals surface area contributed by atoms with Crippen LogP contribution in [0.5, 0.6) is 0 Å². The van der Waals surface area contributed by atoms with E-state index in [-0.39, 0.29) is 18.3 Å². The molecule has 1 fully saturated rings. The van der Waals surface area contributed by atoms with E-state index in [0.717, 1.165) is 25.1 Å². The number of likely N-dealkylation sites (tertiary alicyclic amines) is 1. The summed E-state index contributed by atoms with van der Waals surface area (Å²) in [6.07, 6.45) is 2.95. The Morgan fingerprint density at radius 3 is 2.74 bits per heavy atom. The lowest BCUT2D eigenvalue weighted by Gasteiger charge is -2.32. The predicted octanol–water partition coefficient (Wildman–Crippen LogP) is 2.24. The summed E-state index contributed by atoms with van der Waals surface area (Å²) in [5, 5.41) is 0. The van der Waals surface area contributed by atoms with E-state index in [1.54, 1.807) is 0 Å². The maximum absolute atomic E-state index is 12.2. The minimum Gasteiger partial charge on any atom is -0.341 e. The van der Waals surface area contributed by atoms with Crippen LogP contribution in [0.1, 0.15) is 25.3 Å². The number of nitrogens with two attached hydrogens (primary N) is 1. The fourth-order valence-electron chi connectivity index (χ4n) is 2.58. The molecule has 1 amide bonds. The Balaban J connectivity index is 0.00000180. The Labute approximate surface area is 121 Å². The average molecular weight is 283 g/mol. The molecule has 106 valence electrons. The van der Waals surface area contributed by atoms with E-state index < -0.39 is 6.04 Å². The molecule has 4 heteroatoms. The Kier molecular flexibility index (Phi) is 6.32. The van der Waals surface area contributed by atoms with E-state index in [4.69, 9.17) is 5.73 Å². The lowest BCUT2D eigenvalue weighted by atomic mass is 9.98. The molecule has 1 aliphatic heterocycles. The number of amides is 1. The van der Waals surface area contributed by atoms with E-state index >= 15 is 0 Å². The molecule has 1 aromatic rings. The van der Waals surface area contributed by atoms with Crippen molar-refractivity contribution in [1.82, 2.24) is 4.90 Å². The zero-order chi connectivity index (χ0) is 13.0. The van der Waals surface area contributed by atoms with Crippen molar-refractivity contribution in [3.05, 3.63) is 35.9 Å². The van der Waals surface area contributed by atoms with Gasteiger partial charge in [-0.3, -0.25) is 4.79 Å². The van der Waals surface area contributed by atoms with Crippen LogP contribution in [0.25, 0.3) is 0 Å². The third-order valence-electron chi connectivity index (χ3n) is 3.58. The highest BCUT2D eigenvalue weighted by molar-refractivity contribution is 5.85. The molecule has 0 bridgehead atoms. The summed E-state index contributed by atoms with van der Waals surface area (Å²) in [4.78, 5) is 14.2. The van der Waals surface area contributed by atoms with Crippen LogP contribution in [0.2, 0.25) is 0 Å². The van der Waals surface area contributed by atoms with Crippen LogP contribution < -0.4 is 5.73 Å². The molecule has 1 aliphatic rings. The molecule has 1 unspecified atom stereocenters. The van der Waals surface area contributed by atoms with E-state index in [0.29, 0.717) is 12.3 Å². The maximum Gasteiger partial charge on any atom is 0.239 e. The first kappa shape index (κ1) is 16.0. The van der Waals surface area contributed by atoms with Gasteiger partial charge in [-0.15, -0.1) is 12.4 Å². The first-order chi connectivity index (χ1) is 8.66. The normalized spacial score (nSPS) is 20.5. The van der Waals surface area contributed by atoms with Gasteiger partial charge < -0.3 is 10.6 Å². The van der Waals surface area contributed by atoms with Crippen molar-refractivity contribution in [2.45, 2.75) is 32.2 Å². The van der Waals surface area contributed by atoms with Crippen LogP contribution in [-0.2, 0) is 11.2 Å². The molecule has 2 rings (SSSR count). The number of rotatable bonds is 3. The zero-order valence-corrected chi connectivity index (χ0v) is 12.2. The van der Waals surface area contributed by atoms with Crippen molar-refractivity contribution in [2.75, 3.05) is 13.1 Å². The summed E-state index contributed by atoms with van der Waals surface area (Å²) < 4.78 is 0. The van der Waals surface area contributed by atoms with Gasteiger partial charge in [-0.2, -0.15) is 0 Å². The predicted molar refractivity (Wildman–Crippen MR) is 80.3 cm³/mol. The minimum absolute atomic E-state index is 0. The summed E-state index contributed by atoms with van der Waals surface area (Å²) in [6, 6.07) is 9.57. The van der Waals surface area contributed by atoms with Crippen molar-refractivity contribution in [2.24, 2.45) is 11.7 Å². The van der Waals surface area contributed by atoms with Gasteiger partial charge >= 0.3 is 0 Å². The molecule has 0 aromatic heterocycles. The second-order valence-electron chi connectivity index (χ2n) is 5.33. The number of piperidine rings is 1. The number of hydrogen-bond donors (Lipinski definition) is 1. The number of hydrogen-bond acceptors (Lipinski definition) is 2. The topological polar surface area (TPSA) is 46.3 Å². The van der Waals surface area contributed by atoms with Crippen molar-refractivity contribution in [1.29, 1.82) is 0 Å². The molecule has 1 heterocycles. The van der Waals surface area contributed by atoms with Gasteiger partial charge in [0, 0.05) is 13.1 Å². The maximum atomic E-state index is 12.2. The molecule has 0 spiro atoms. The summed E-state index contributed by atoms with van der Waals surface area (Å²) in [7, 11) is 0. The van der Waals surface area contributed by atoms with Crippen molar-refractivity contribution >= 4 is 18.3 Å². The van der Waals surface area contributed by atoms with Gasteiger partial charge in [0.25, 0.3) is 0 Å². The molecule has 1 aromatic carbocycles. The van der Waals surface area contributed by atoms with Gasteiger partial charge in [0.15, 0.2) is 0 Å². The molecular weight excluding hydrogens is 260 g/mol. The third-order valence-corrected chi connectivity index (χ3v) is 3.58. The smallest absolute Gasteiger partial charge is 0.239 e. The number of carbonyl (C=O) groups is 1. The third kappa shape index (κ3) is 4.51. The summed E-state index contributed by atoms with van der Waals surface area (Å²) in [5.41, 5.74) is 7.16. The lowest BCUT2D eigenvalue weighted by Crippen LogP contribution is -2.48. The molecule has 3 nitrogen and oxygen atoms in total. The highest BCUT2D eigenvalue weighted by Crippen LogP contribution is 2.16. The largest absolute Gasteiger partial charge is 0.341 e. The fourth-order valence-corrected chi connectivity index (χ4v) is 2.58. The molecule has 19 heavy (non-hydrogen) atoms. The Morgan fingerprint density at radius 2 is 2.11 bits per heavy atom. The highest BCUT2D eigenvalue weighted by atomic mass is 35.5. The van der Waals surface area contributed by atoms with E-state index in [1.807, 2.05) is 35.2 Å². The molecule has 1 saturated heterocycles.